The molecular formula is C25H19BrFNO4. The zero-order valence-corrected chi connectivity index (χ0v) is 18.7. The van der Waals surface area contributed by atoms with Gasteiger partial charge in [0.15, 0.2) is 11.5 Å². The van der Waals surface area contributed by atoms with Gasteiger partial charge in [-0.2, -0.15) is 5.26 Å². The van der Waals surface area contributed by atoms with Gasteiger partial charge < -0.3 is 14.6 Å². The van der Waals surface area contributed by atoms with Gasteiger partial charge in [-0.25, -0.2) is 9.18 Å². The molecule has 0 fully saturated rings. The van der Waals surface area contributed by atoms with Crippen LogP contribution in [0.4, 0.5) is 4.39 Å². The molecule has 32 heavy (non-hydrogen) atoms. The molecule has 0 bridgehead atoms. The molecule has 3 aromatic carbocycles. The monoisotopic (exact) mass is 495 g/mol. The lowest BCUT2D eigenvalue weighted by Gasteiger charge is -2.14. The van der Waals surface area contributed by atoms with Gasteiger partial charge in [-0.1, -0.05) is 46.3 Å². The Morgan fingerprint density at radius 2 is 1.75 bits per heavy atom. The Bertz CT molecular complexity index is 1200. The third-order valence-electron chi connectivity index (χ3n) is 4.57. The highest BCUT2D eigenvalue weighted by Gasteiger charge is 2.13. The largest absolute Gasteiger partial charge is 0.490 e. The van der Waals surface area contributed by atoms with E-state index in [1.807, 2.05) is 6.92 Å². The van der Waals surface area contributed by atoms with Crippen molar-refractivity contribution in [2.45, 2.75) is 13.5 Å². The molecule has 0 spiro atoms. The molecule has 0 atom stereocenters. The van der Waals surface area contributed by atoms with E-state index >= 15 is 0 Å². The number of hydrogen-bond acceptors (Lipinski definition) is 4. The Kier molecular flexibility index (Phi) is 7.63. The zero-order chi connectivity index (χ0) is 23.1. The fraction of sp³-hybridized carbons (Fsp3) is 0.120. The molecule has 0 saturated carbocycles. The SMILES string of the molecule is CCOc1cc(C=C(C#N)c2ccc(C(=O)O)cc2)c(Br)cc1OCc1ccccc1F. The van der Waals surface area contributed by atoms with Crippen molar-refractivity contribution in [3.05, 3.63) is 93.2 Å². The molecular weight excluding hydrogens is 477 g/mol. The molecule has 3 aromatic rings. The Morgan fingerprint density at radius 1 is 1.09 bits per heavy atom. The summed E-state index contributed by atoms with van der Waals surface area (Å²) in [6.07, 6.45) is 1.67. The molecule has 0 unspecified atom stereocenters. The van der Waals surface area contributed by atoms with Gasteiger partial charge in [0.1, 0.15) is 12.4 Å². The minimum atomic E-state index is -1.03. The minimum Gasteiger partial charge on any atom is -0.490 e. The Hall–Kier alpha value is -3.63. The summed E-state index contributed by atoms with van der Waals surface area (Å²) in [6, 6.07) is 18.0. The summed E-state index contributed by atoms with van der Waals surface area (Å²) in [5, 5.41) is 18.7. The Balaban J connectivity index is 1.92. The van der Waals surface area contributed by atoms with Gasteiger partial charge in [0.05, 0.1) is 23.8 Å². The van der Waals surface area contributed by atoms with Crippen LogP contribution in [0, 0.1) is 17.1 Å². The summed E-state index contributed by atoms with van der Waals surface area (Å²) < 4.78 is 26.1. The first-order valence-electron chi connectivity index (χ1n) is 9.71. The third-order valence-corrected chi connectivity index (χ3v) is 5.25. The summed E-state index contributed by atoms with van der Waals surface area (Å²) in [7, 11) is 0. The summed E-state index contributed by atoms with van der Waals surface area (Å²) in [5.74, 6) is -0.494. The summed E-state index contributed by atoms with van der Waals surface area (Å²) >= 11 is 3.49. The van der Waals surface area contributed by atoms with Crippen molar-refractivity contribution in [1.29, 1.82) is 5.26 Å². The second kappa shape index (κ2) is 10.6. The van der Waals surface area contributed by atoms with E-state index in [-0.39, 0.29) is 18.0 Å². The standard InChI is InChI=1S/C25H19BrFNO4/c1-2-31-23-12-19(11-20(14-28)16-7-9-17(10-8-16)25(29)30)21(26)13-24(23)32-15-18-5-3-4-6-22(18)27/h3-13H,2,15H2,1H3,(H,29,30). The number of nitriles is 1. The van der Waals surface area contributed by atoms with Crippen molar-refractivity contribution in [1.82, 2.24) is 0 Å². The van der Waals surface area contributed by atoms with Crippen molar-refractivity contribution in [2.75, 3.05) is 6.61 Å². The molecule has 3 rings (SSSR count). The van der Waals surface area contributed by atoms with Crippen LogP contribution in [0.2, 0.25) is 0 Å². The first-order chi connectivity index (χ1) is 15.4. The Labute approximate surface area is 193 Å². The van der Waals surface area contributed by atoms with Gasteiger partial charge >= 0.3 is 5.97 Å². The molecule has 0 radical (unpaired) electrons. The number of carboxylic acids is 1. The van der Waals surface area contributed by atoms with Gasteiger partial charge in [-0.15, -0.1) is 0 Å². The molecule has 5 nitrogen and oxygen atoms in total. The van der Waals surface area contributed by atoms with Crippen molar-refractivity contribution in [3.63, 3.8) is 0 Å². The maximum atomic E-state index is 13.9. The van der Waals surface area contributed by atoms with E-state index in [1.54, 1.807) is 48.5 Å². The lowest BCUT2D eigenvalue weighted by Crippen LogP contribution is -2.02. The van der Waals surface area contributed by atoms with Gasteiger partial charge in [0.2, 0.25) is 0 Å². The molecule has 0 saturated heterocycles. The molecule has 0 amide bonds. The predicted molar refractivity (Wildman–Crippen MR) is 123 cm³/mol. The first-order valence-corrected chi connectivity index (χ1v) is 10.5. The van der Waals surface area contributed by atoms with E-state index in [2.05, 4.69) is 22.0 Å². The van der Waals surface area contributed by atoms with Crippen LogP contribution >= 0.6 is 15.9 Å². The fourth-order valence-corrected chi connectivity index (χ4v) is 3.38. The van der Waals surface area contributed by atoms with Crippen molar-refractivity contribution < 1.29 is 23.8 Å². The van der Waals surface area contributed by atoms with E-state index in [1.165, 1.54) is 18.2 Å². The fourth-order valence-electron chi connectivity index (χ4n) is 2.94. The highest BCUT2D eigenvalue weighted by molar-refractivity contribution is 9.10. The van der Waals surface area contributed by atoms with E-state index in [9.17, 15) is 14.4 Å². The number of ether oxygens (including phenoxy) is 2. The molecule has 7 heteroatoms. The van der Waals surface area contributed by atoms with E-state index < -0.39 is 5.97 Å². The van der Waals surface area contributed by atoms with Crippen LogP contribution in [0.3, 0.4) is 0 Å². The van der Waals surface area contributed by atoms with Crippen LogP contribution in [0.5, 0.6) is 11.5 Å². The highest BCUT2D eigenvalue weighted by Crippen LogP contribution is 2.36. The molecule has 0 heterocycles. The van der Waals surface area contributed by atoms with Crippen LogP contribution in [0.15, 0.2) is 65.1 Å². The number of aromatic carboxylic acids is 1. The van der Waals surface area contributed by atoms with E-state index in [0.717, 1.165) is 0 Å². The third kappa shape index (κ3) is 5.54. The van der Waals surface area contributed by atoms with E-state index in [4.69, 9.17) is 14.6 Å². The minimum absolute atomic E-state index is 0.0355. The van der Waals surface area contributed by atoms with Crippen LogP contribution in [0.1, 0.15) is 34.0 Å². The number of benzene rings is 3. The number of carboxylic acid groups (broad SMARTS) is 1. The zero-order valence-electron chi connectivity index (χ0n) is 17.1. The lowest BCUT2D eigenvalue weighted by molar-refractivity contribution is 0.0697. The van der Waals surface area contributed by atoms with Crippen molar-refractivity contribution >= 4 is 33.5 Å². The van der Waals surface area contributed by atoms with Gasteiger partial charge in [0.25, 0.3) is 0 Å². The summed E-state index contributed by atoms with van der Waals surface area (Å²) in [6.45, 7) is 2.26. The smallest absolute Gasteiger partial charge is 0.335 e. The maximum absolute atomic E-state index is 13.9. The van der Waals surface area contributed by atoms with Gasteiger partial charge in [-0.3, -0.25) is 0 Å². The van der Waals surface area contributed by atoms with E-state index in [0.29, 0.717) is 44.8 Å². The molecule has 162 valence electrons. The van der Waals surface area contributed by atoms with Crippen LogP contribution < -0.4 is 9.47 Å². The number of carbonyl (C=O) groups is 1. The highest BCUT2D eigenvalue weighted by atomic mass is 79.9. The number of allylic oxidation sites excluding steroid dienone is 1. The van der Waals surface area contributed by atoms with Gasteiger partial charge in [0, 0.05) is 10.0 Å². The Morgan fingerprint density at radius 3 is 2.38 bits per heavy atom. The molecule has 0 aromatic heterocycles. The first kappa shape index (κ1) is 23.0. The topological polar surface area (TPSA) is 79.5 Å². The predicted octanol–water partition coefficient (Wildman–Crippen LogP) is 6.33. The van der Waals surface area contributed by atoms with Gasteiger partial charge in [-0.05, 0) is 54.5 Å². The lowest BCUT2D eigenvalue weighted by atomic mass is 10.0. The van der Waals surface area contributed by atoms with Crippen LogP contribution in [-0.4, -0.2) is 17.7 Å². The normalized spacial score (nSPS) is 11.0. The summed E-state index contributed by atoms with van der Waals surface area (Å²) in [4.78, 5) is 11.0. The molecule has 0 aliphatic rings. The van der Waals surface area contributed by atoms with Crippen LogP contribution in [-0.2, 0) is 6.61 Å². The van der Waals surface area contributed by atoms with Crippen LogP contribution in [0.25, 0.3) is 11.6 Å². The number of hydrogen-bond donors (Lipinski definition) is 1. The number of halogens is 2. The number of rotatable bonds is 8. The molecule has 0 aliphatic heterocycles. The maximum Gasteiger partial charge on any atom is 0.335 e. The molecule has 1 N–H and O–H groups in total. The quantitative estimate of drug-likeness (QED) is 0.291. The van der Waals surface area contributed by atoms with Crippen molar-refractivity contribution in [2.24, 2.45) is 0 Å². The second-order valence-corrected chi connectivity index (χ2v) is 7.54. The summed E-state index contributed by atoms with van der Waals surface area (Å²) in [5.41, 5.74) is 2.17. The second-order valence-electron chi connectivity index (χ2n) is 6.69. The van der Waals surface area contributed by atoms with Crippen molar-refractivity contribution in [3.8, 4) is 17.6 Å². The number of nitrogens with zero attached hydrogens (tertiary/aromatic N) is 1. The average molecular weight is 496 g/mol. The molecule has 0 aliphatic carbocycles. The average Bonchev–Trinajstić information content (AvgIpc) is 2.79.